The maximum Gasteiger partial charge on any atom is 0.243 e. The molecule has 1 aromatic carbocycles. The summed E-state index contributed by atoms with van der Waals surface area (Å²) < 4.78 is 0. The van der Waals surface area contributed by atoms with Gasteiger partial charge in [-0.05, 0) is 24.1 Å². The molecule has 0 aliphatic carbocycles. The zero-order chi connectivity index (χ0) is 15.7. The lowest BCUT2D eigenvalue weighted by Crippen LogP contribution is -2.41. The number of aryl methyl sites for hydroxylation is 1. The predicted molar refractivity (Wildman–Crippen MR) is 86.8 cm³/mol. The third-order valence-corrected chi connectivity index (χ3v) is 2.70. The van der Waals surface area contributed by atoms with Crippen LogP contribution in [0.4, 0.5) is 5.69 Å². The summed E-state index contributed by atoms with van der Waals surface area (Å²) in [7, 11) is 0. The minimum atomic E-state index is -0.450. The average molecular weight is 329 g/mol. The van der Waals surface area contributed by atoms with Crippen molar-refractivity contribution in [1.82, 2.24) is 10.6 Å². The Balaban J connectivity index is 0.00000441. The van der Waals surface area contributed by atoms with E-state index in [1.807, 2.05) is 25.1 Å². The van der Waals surface area contributed by atoms with E-state index >= 15 is 0 Å². The Kier molecular flexibility index (Phi) is 9.56. The number of nitrogens with one attached hydrogen (secondary N) is 3. The quantitative estimate of drug-likeness (QED) is 0.555. The minimum absolute atomic E-state index is 0. The summed E-state index contributed by atoms with van der Waals surface area (Å²) in [5, 5.41) is 7.40. The maximum absolute atomic E-state index is 11.7. The first-order valence-electron chi connectivity index (χ1n) is 6.67. The van der Waals surface area contributed by atoms with Gasteiger partial charge in [-0.15, -0.1) is 12.4 Å². The molecule has 0 aliphatic rings. The minimum Gasteiger partial charge on any atom is -0.346 e. The van der Waals surface area contributed by atoms with Crippen LogP contribution in [0.2, 0.25) is 0 Å². The van der Waals surface area contributed by atoms with E-state index in [9.17, 15) is 14.4 Å². The highest BCUT2D eigenvalue weighted by Crippen LogP contribution is 2.10. The van der Waals surface area contributed by atoms with Gasteiger partial charge < -0.3 is 21.7 Å². The molecular weight excluding hydrogens is 308 g/mol. The van der Waals surface area contributed by atoms with Crippen molar-refractivity contribution in [3.63, 3.8) is 0 Å². The van der Waals surface area contributed by atoms with Gasteiger partial charge in [-0.1, -0.05) is 19.1 Å². The van der Waals surface area contributed by atoms with Crippen LogP contribution in [-0.2, 0) is 20.8 Å². The van der Waals surface area contributed by atoms with Crippen LogP contribution in [0.3, 0.4) is 0 Å². The monoisotopic (exact) mass is 328 g/mol. The van der Waals surface area contributed by atoms with E-state index in [4.69, 9.17) is 5.73 Å². The highest BCUT2D eigenvalue weighted by molar-refractivity contribution is 5.95. The van der Waals surface area contributed by atoms with Gasteiger partial charge in [0.25, 0.3) is 0 Å². The molecular formula is C14H21ClN4O3. The number of halogens is 1. The molecule has 0 atom stereocenters. The molecule has 3 amide bonds. The number of hydrogen-bond donors (Lipinski definition) is 4. The van der Waals surface area contributed by atoms with Gasteiger partial charge in [0.15, 0.2) is 0 Å². The number of rotatable bonds is 7. The van der Waals surface area contributed by atoms with Crippen LogP contribution < -0.4 is 21.7 Å². The third-order valence-electron chi connectivity index (χ3n) is 2.70. The highest BCUT2D eigenvalue weighted by Gasteiger charge is 2.07. The van der Waals surface area contributed by atoms with Crippen LogP contribution in [0.5, 0.6) is 0 Å². The zero-order valence-electron chi connectivity index (χ0n) is 12.3. The fourth-order valence-corrected chi connectivity index (χ4v) is 1.57. The zero-order valence-corrected chi connectivity index (χ0v) is 13.2. The number of carbonyl (C=O) groups is 3. The van der Waals surface area contributed by atoms with Gasteiger partial charge in [-0.25, -0.2) is 0 Å². The van der Waals surface area contributed by atoms with Gasteiger partial charge in [0.2, 0.25) is 17.7 Å². The molecule has 22 heavy (non-hydrogen) atoms. The fourth-order valence-electron chi connectivity index (χ4n) is 1.57. The molecule has 0 spiro atoms. The molecule has 1 rings (SSSR count). The van der Waals surface area contributed by atoms with E-state index < -0.39 is 11.8 Å². The Morgan fingerprint density at radius 2 is 1.68 bits per heavy atom. The molecule has 0 radical (unpaired) electrons. The van der Waals surface area contributed by atoms with Crippen molar-refractivity contribution in [2.45, 2.75) is 13.3 Å². The molecule has 0 unspecified atom stereocenters. The number of benzene rings is 1. The molecule has 0 saturated heterocycles. The summed E-state index contributed by atoms with van der Waals surface area (Å²) in [5.41, 5.74) is 6.88. The standard InChI is InChI=1S/C14H20N4O3.ClH/c1-2-10-4-3-5-11(6-10)18-14(21)9-17-13(20)8-16-12(19)7-15;/h3-6H,2,7-9,15H2,1H3,(H,16,19)(H,17,20)(H,18,21);1H. The van der Waals surface area contributed by atoms with Crippen LogP contribution in [-0.4, -0.2) is 37.4 Å². The van der Waals surface area contributed by atoms with Crippen LogP contribution in [0.1, 0.15) is 12.5 Å². The normalized spacial score (nSPS) is 9.36. The van der Waals surface area contributed by atoms with Crippen LogP contribution in [0.15, 0.2) is 24.3 Å². The Labute approximate surface area is 135 Å². The fraction of sp³-hybridized carbons (Fsp3) is 0.357. The lowest BCUT2D eigenvalue weighted by molar-refractivity contribution is -0.126. The van der Waals surface area contributed by atoms with Crippen molar-refractivity contribution in [2.75, 3.05) is 25.0 Å². The van der Waals surface area contributed by atoms with Crippen LogP contribution in [0, 0.1) is 0 Å². The van der Waals surface area contributed by atoms with Gasteiger partial charge in [0, 0.05) is 5.69 Å². The molecule has 8 heteroatoms. The van der Waals surface area contributed by atoms with Crippen molar-refractivity contribution in [3.8, 4) is 0 Å². The third kappa shape index (κ3) is 7.61. The Bertz CT molecular complexity index is 523. The predicted octanol–water partition coefficient (Wildman–Crippen LogP) is -0.200. The molecule has 0 fully saturated rings. The van der Waals surface area contributed by atoms with Crippen molar-refractivity contribution in [1.29, 1.82) is 0 Å². The average Bonchev–Trinajstić information content (AvgIpc) is 2.50. The molecule has 0 aliphatic heterocycles. The molecule has 0 heterocycles. The summed E-state index contributed by atoms with van der Waals surface area (Å²) in [5.74, 6) is -1.21. The Morgan fingerprint density at radius 3 is 2.32 bits per heavy atom. The van der Waals surface area contributed by atoms with Crippen molar-refractivity contribution in [3.05, 3.63) is 29.8 Å². The van der Waals surface area contributed by atoms with Gasteiger partial charge in [-0.3, -0.25) is 14.4 Å². The van der Waals surface area contributed by atoms with E-state index in [0.717, 1.165) is 12.0 Å². The molecule has 122 valence electrons. The molecule has 5 N–H and O–H groups in total. The summed E-state index contributed by atoms with van der Waals surface area (Å²) in [4.78, 5) is 33.9. The number of anilines is 1. The molecule has 1 aromatic rings. The number of amides is 3. The molecule has 0 saturated carbocycles. The number of nitrogens with two attached hydrogens (primary N) is 1. The second-order valence-electron chi connectivity index (χ2n) is 4.36. The van der Waals surface area contributed by atoms with E-state index in [0.29, 0.717) is 5.69 Å². The summed E-state index contributed by atoms with van der Waals surface area (Å²) >= 11 is 0. The second kappa shape index (κ2) is 10.6. The van der Waals surface area contributed by atoms with Crippen molar-refractivity contribution in [2.24, 2.45) is 5.73 Å². The lowest BCUT2D eigenvalue weighted by atomic mass is 10.1. The Hall–Kier alpha value is -2.12. The largest absolute Gasteiger partial charge is 0.346 e. The summed E-state index contributed by atoms with van der Waals surface area (Å²) in [6.45, 7) is 1.49. The van der Waals surface area contributed by atoms with Gasteiger partial charge in [0.1, 0.15) is 0 Å². The highest BCUT2D eigenvalue weighted by atomic mass is 35.5. The molecule has 0 bridgehead atoms. The number of hydrogen-bond acceptors (Lipinski definition) is 4. The van der Waals surface area contributed by atoms with Gasteiger partial charge >= 0.3 is 0 Å². The van der Waals surface area contributed by atoms with Gasteiger partial charge in [-0.2, -0.15) is 0 Å². The Morgan fingerprint density at radius 1 is 1.05 bits per heavy atom. The van der Waals surface area contributed by atoms with Gasteiger partial charge in [0.05, 0.1) is 19.6 Å². The topological polar surface area (TPSA) is 113 Å². The maximum atomic E-state index is 11.7. The van der Waals surface area contributed by atoms with Crippen LogP contribution in [0.25, 0.3) is 0 Å². The lowest BCUT2D eigenvalue weighted by Gasteiger charge is -2.08. The number of carbonyl (C=O) groups excluding carboxylic acids is 3. The molecule has 0 aromatic heterocycles. The first-order chi connectivity index (χ1) is 10.0. The van der Waals surface area contributed by atoms with E-state index in [1.54, 1.807) is 6.07 Å². The summed E-state index contributed by atoms with van der Waals surface area (Å²) in [6, 6.07) is 7.48. The summed E-state index contributed by atoms with van der Waals surface area (Å²) in [6.07, 6.45) is 0.876. The second-order valence-corrected chi connectivity index (χ2v) is 4.36. The van der Waals surface area contributed by atoms with E-state index in [-0.39, 0.29) is 37.9 Å². The van der Waals surface area contributed by atoms with E-state index in [2.05, 4.69) is 16.0 Å². The van der Waals surface area contributed by atoms with Crippen molar-refractivity contribution >= 4 is 35.8 Å². The first kappa shape index (κ1) is 19.9. The first-order valence-corrected chi connectivity index (χ1v) is 6.67. The van der Waals surface area contributed by atoms with E-state index in [1.165, 1.54) is 0 Å². The molecule has 7 nitrogen and oxygen atoms in total. The van der Waals surface area contributed by atoms with Crippen molar-refractivity contribution < 1.29 is 14.4 Å². The SMILES string of the molecule is CCc1cccc(NC(=O)CNC(=O)CNC(=O)CN)c1.Cl. The smallest absolute Gasteiger partial charge is 0.243 e. The van der Waals surface area contributed by atoms with Crippen LogP contribution >= 0.6 is 12.4 Å².